The van der Waals surface area contributed by atoms with E-state index in [1.165, 1.54) is 0 Å². The summed E-state index contributed by atoms with van der Waals surface area (Å²) in [6, 6.07) is 0.140. The number of hydrogen-bond donors (Lipinski definition) is 3. The third-order valence-electron chi connectivity index (χ3n) is 2.22. The summed E-state index contributed by atoms with van der Waals surface area (Å²) in [6.45, 7) is 6.18. The smallest absolute Gasteiger partial charge is 0.323 e. The maximum absolute atomic E-state index is 11.3. The lowest BCUT2D eigenvalue weighted by molar-refractivity contribution is 0.292. The van der Waals surface area contributed by atoms with Crippen molar-refractivity contribution in [3.05, 3.63) is 0 Å². The van der Waals surface area contributed by atoms with Crippen LogP contribution >= 0.6 is 0 Å². The molecule has 0 aliphatic rings. The van der Waals surface area contributed by atoms with Gasteiger partial charge in [0.15, 0.2) is 0 Å². The Morgan fingerprint density at radius 3 is 2.52 bits per heavy atom. The van der Waals surface area contributed by atoms with Gasteiger partial charge in [-0.25, -0.2) is 13.1 Å². The fourth-order valence-electron chi connectivity index (χ4n) is 1.55. The number of ether oxygens (including phenoxy) is 1. The third-order valence-corrected chi connectivity index (χ3v) is 3.14. The molecule has 9 nitrogen and oxygen atoms in total. The minimum Gasteiger partial charge on any atom is -0.463 e. The minimum absolute atomic E-state index is 0.0347. The summed E-state index contributed by atoms with van der Waals surface area (Å²) >= 11 is 0. The van der Waals surface area contributed by atoms with Crippen LogP contribution in [0.4, 0.5) is 11.9 Å². The third kappa shape index (κ3) is 7.04. The fraction of sp³-hybridized carbons (Fsp3) is 0.727. The van der Waals surface area contributed by atoms with Gasteiger partial charge in [0, 0.05) is 12.1 Å². The first-order chi connectivity index (χ1) is 9.61. The van der Waals surface area contributed by atoms with Gasteiger partial charge in [-0.05, 0) is 20.3 Å². The Hall–Kier alpha value is -1.68. The van der Waals surface area contributed by atoms with E-state index in [-0.39, 0.29) is 24.5 Å². The number of aromatic nitrogens is 3. The van der Waals surface area contributed by atoms with Crippen molar-refractivity contribution in [2.45, 2.75) is 32.7 Å². The molecule has 1 rings (SSSR count). The predicted molar refractivity (Wildman–Crippen MR) is 80.6 cm³/mol. The van der Waals surface area contributed by atoms with Crippen LogP contribution in [-0.2, 0) is 10.0 Å². The van der Waals surface area contributed by atoms with E-state index in [9.17, 15) is 8.42 Å². The Bertz CT molecular complexity index is 575. The molecule has 10 heteroatoms. The molecule has 1 heterocycles. The highest BCUT2D eigenvalue weighted by molar-refractivity contribution is 7.88. The molecule has 0 aliphatic heterocycles. The van der Waals surface area contributed by atoms with Crippen LogP contribution in [0.2, 0.25) is 0 Å². The van der Waals surface area contributed by atoms with Gasteiger partial charge in [-0.15, -0.1) is 0 Å². The van der Waals surface area contributed by atoms with Crippen molar-refractivity contribution >= 4 is 21.9 Å². The zero-order valence-electron chi connectivity index (χ0n) is 12.7. The van der Waals surface area contributed by atoms with E-state index >= 15 is 0 Å². The summed E-state index contributed by atoms with van der Waals surface area (Å²) in [7, 11) is -3.31. The molecule has 0 spiro atoms. The van der Waals surface area contributed by atoms with E-state index in [2.05, 4.69) is 25.0 Å². The zero-order valence-corrected chi connectivity index (χ0v) is 13.5. The first-order valence-electron chi connectivity index (χ1n) is 6.48. The molecule has 0 amide bonds. The molecular formula is C11H22N6O3S. The average molecular weight is 318 g/mol. The second kappa shape index (κ2) is 6.85. The predicted octanol–water partition coefficient (Wildman–Crippen LogP) is -0.0177. The number of sulfonamides is 1. The summed E-state index contributed by atoms with van der Waals surface area (Å²) in [5.41, 5.74) is 4.87. The number of nitrogens with zero attached hydrogens (tertiary/aromatic N) is 3. The van der Waals surface area contributed by atoms with Crippen molar-refractivity contribution in [1.29, 1.82) is 0 Å². The van der Waals surface area contributed by atoms with Gasteiger partial charge < -0.3 is 15.8 Å². The van der Waals surface area contributed by atoms with Crippen LogP contribution in [-0.4, -0.2) is 48.3 Å². The molecular weight excluding hydrogens is 296 g/mol. The van der Waals surface area contributed by atoms with Crippen molar-refractivity contribution in [1.82, 2.24) is 19.7 Å². The van der Waals surface area contributed by atoms with Gasteiger partial charge in [0.25, 0.3) is 0 Å². The minimum atomic E-state index is -3.31. The molecule has 0 saturated carbocycles. The molecule has 0 fully saturated rings. The van der Waals surface area contributed by atoms with Gasteiger partial charge in [-0.3, -0.25) is 0 Å². The Labute approximate surface area is 124 Å². The van der Waals surface area contributed by atoms with Crippen LogP contribution in [0, 0.1) is 0 Å². The molecule has 0 saturated heterocycles. The van der Waals surface area contributed by atoms with Gasteiger partial charge in [0.2, 0.25) is 21.9 Å². The maximum atomic E-state index is 11.3. The van der Waals surface area contributed by atoms with Crippen molar-refractivity contribution in [2.24, 2.45) is 0 Å². The molecule has 1 aromatic rings. The summed E-state index contributed by atoms with van der Waals surface area (Å²) < 4.78 is 30.3. The Morgan fingerprint density at radius 1 is 1.29 bits per heavy atom. The number of nitrogens with one attached hydrogen (secondary N) is 2. The Kier molecular flexibility index (Phi) is 5.67. The lowest BCUT2D eigenvalue weighted by Gasteiger charge is -2.25. The lowest BCUT2D eigenvalue weighted by Crippen LogP contribution is -2.48. The quantitative estimate of drug-likeness (QED) is 0.609. The summed E-state index contributed by atoms with van der Waals surface area (Å²) in [4.78, 5) is 11.8. The van der Waals surface area contributed by atoms with Crippen LogP contribution < -0.4 is 20.5 Å². The first kappa shape index (κ1) is 17.4. The summed E-state index contributed by atoms with van der Waals surface area (Å²) in [6.07, 6.45) is 1.92. The van der Waals surface area contributed by atoms with E-state index in [1.807, 2.05) is 6.92 Å². The Balaban J connectivity index is 2.72. The monoisotopic (exact) mass is 318 g/mol. The van der Waals surface area contributed by atoms with Crippen LogP contribution in [0.1, 0.15) is 27.2 Å². The highest BCUT2D eigenvalue weighted by Crippen LogP contribution is 2.11. The summed E-state index contributed by atoms with van der Waals surface area (Å²) in [5.74, 6) is 0.268. The van der Waals surface area contributed by atoms with Crippen LogP contribution in [0.5, 0.6) is 6.01 Å². The largest absolute Gasteiger partial charge is 0.463 e. The number of anilines is 2. The molecule has 0 atom stereocenters. The van der Waals surface area contributed by atoms with Crippen LogP contribution in [0.3, 0.4) is 0 Å². The molecule has 0 aromatic carbocycles. The lowest BCUT2D eigenvalue weighted by atomic mass is 10.1. The summed E-state index contributed by atoms with van der Waals surface area (Å²) in [5, 5.41) is 2.92. The topological polar surface area (TPSA) is 132 Å². The van der Waals surface area contributed by atoms with Gasteiger partial charge in [-0.1, -0.05) is 6.92 Å². The van der Waals surface area contributed by atoms with E-state index in [4.69, 9.17) is 10.5 Å². The second-order valence-electron chi connectivity index (χ2n) is 5.26. The van der Waals surface area contributed by atoms with E-state index in [0.717, 1.165) is 12.7 Å². The number of hydrogen-bond acceptors (Lipinski definition) is 8. The molecule has 1 aromatic heterocycles. The van der Waals surface area contributed by atoms with Crippen LogP contribution in [0.15, 0.2) is 0 Å². The molecule has 0 unspecified atom stereocenters. The van der Waals surface area contributed by atoms with Gasteiger partial charge in [0.05, 0.1) is 12.9 Å². The van der Waals surface area contributed by atoms with Crippen LogP contribution in [0.25, 0.3) is 0 Å². The molecule has 21 heavy (non-hydrogen) atoms. The molecule has 120 valence electrons. The second-order valence-corrected chi connectivity index (χ2v) is 7.01. The van der Waals surface area contributed by atoms with Crippen molar-refractivity contribution in [3.8, 4) is 6.01 Å². The van der Waals surface area contributed by atoms with Gasteiger partial charge in [-0.2, -0.15) is 15.0 Å². The zero-order chi connectivity index (χ0) is 16.1. The van der Waals surface area contributed by atoms with Gasteiger partial charge >= 0.3 is 6.01 Å². The normalized spacial score (nSPS) is 12.2. The molecule has 4 N–H and O–H groups in total. The fourth-order valence-corrected chi connectivity index (χ4v) is 2.62. The number of nitrogen functional groups attached to an aromatic ring is 1. The SMILES string of the molecule is CCCOc1nc(N)nc(NCC(C)(C)NS(C)(=O)=O)n1. The molecule has 0 bridgehead atoms. The average Bonchev–Trinajstić information content (AvgIpc) is 2.30. The van der Waals surface area contributed by atoms with E-state index in [1.54, 1.807) is 13.8 Å². The highest BCUT2D eigenvalue weighted by atomic mass is 32.2. The van der Waals surface area contributed by atoms with Crippen molar-refractivity contribution in [3.63, 3.8) is 0 Å². The Morgan fingerprint density at radius 2 is 1.95 bits per heavy atom. The van der Waals surface area contributed by atoms with Gasteiger partial charge in [0.1, 0.15) is 0 Å². The number of nitrogens with two attached hydrogens (primary N) is 1. The molecule has 0 aliphatic carbocycles. The van der Waals surface area contributed by atoms with E-state index in [0.29, 0.717) is 6.61 Å². The maximum Gasteiger partial charge on any atom is 0.323 e. The van der Waals surface area contributed by atoms with E-state index < -0.39 is 15.6 Å². The standard InChI is InChI=1S/C11H22N6O3S/c1-5-6-20-10-15-8(12)14-9(16-10)13-7-11(2,3)17-21(4,18)19/h17H,5-7H2,1-4H3,(H3,12,13,14,15,16). The van der Waals surface area contributed by atoms with Crippen molar-refractivity contribution in [2.75, 3.05) is 30.5 Å². The van der Waals surface area contributed by atoms with Crippen molar-refractivity contribution < 1.29 is 13.2 Å². The highest BCUT2D eigenvalue weighted by Gasteiger charge is 2.22. The number of rotatable bonds is 8. The first-order valence-corrected chi connectivity index (χ1v) is 8.37. The molecule has 0 radical (unpaired) electrons.